The molecule has 0 saturated carbocycles. The Morgan fingerprint density at radius 3 is 2.43 bits per heavy atom. The topological polar surface area (TPSA) is 75.3 Å². The minimum Gasteiger partial charge on any atom is -0.338 e. The SMILES string of the molecule is CCNC(=O)Nc1ccc(C)c(S(=O)(=O)Cc2ccccc2)c1. The van der Waals surface area contributed by atoms with E-state index in [9.17, 15) is 13.2 Å². The van der Waals surface area contributed by atoms with Crippen molar-refractivity contribution < 1.29 is 13.2 Å². The fourth-order valence-corrected chi connectivity index (χ4v) is 3.87. The van der Waals surface area contributed by atoms with Gasteiger partial charge in [0.2, 0.25) is 0 Å². The summed E-state index contributed by atoms with van der Waals surface area (Å²) >= 11 is 0. The van der Waals surface area contributed by atoms with Gasteiger partial charge in [0.05, 0.1) is 10.6 Å². The predicted molar refractivity (Wildman–Crippen MR) is 91.2 cm³/mol. The highest BCUT2D eigenvalue weighted by atomic mass is 32.2. The summed E-state index contributed by atoms with van der Waals surface area (Å²) in [6, 6.07) is 13.6. The van der Waals surface area contributed by atoms with Crippen molar-refractivity contribution in [1.82, 2.24) is 5.32 Å². The molecule has 0 heterocycles. The van der Waals surface area contributed by atoms with Gasteiger partial charge in [-0.1, -0.05) is 36.4 Å². The lowest BCUT2D eigenvalue weighted by atomic mass is 10.2. The highest BCUT2D eigenvalue weighted by molar-refractivity contribution is 7.90. The summed E-state index contributed by atoms with van der Waals surface area (Å²) in [5, 5.41) is 5.24. The summed E-state index contributed by atoms with van der Waals surface area (Å²) in [6.45, 7) is 4.05. The molecule has 2 N–H and O–H groups in total. The van der Waals surface area contributed by atoms with E-state index in [0.717, 1.165) is 5.56 Å². The molecule has 2 aromatic rings. The van der Waals surface area contributed by atoms with E-state index in [-0.39, 0.29) is 16.7 Å². The third kappa shape index (κ3) is 4.56. The molecule has 0 aliphatic rings. The van der Waals surface area contributed by atoms with E-state index in [1.165, 1.54) is 6.07 Å². The van der Waals surface area contributed by atoms with Gasteiger partial charge in [-0.15, -0.1) is 0 Å². The molecule has 122 valence electrons. The van der Waals surface area contributed by atoms with Crippen LogP contribution in [0.5, 0.6) is 0 Å². The van der Waals surface area contributed by atoms with Gasteiger partial charge in [-0.2, -0.15) is 0 Å². The molecule has 0 aliphatic heterocycles. The van der Waals surface area contributed by atoms with Crippen molar-refractivity contribution in [1.29, 1.82) is 0 Å². The van der Waals surface area contributed by atoms with E-state index in [4.69, 9.17) is 0 Å². The Bertz CT molecular complexity index is 787. The summed E-state index contributed by atoms with van der Waals surface area (Å²) in [6.07, 6.45) is 0. The Morgan fingerprint density at radius 2 is 1.78 bits per heavy atom. The molecule has 0 spiro atoms. The average Bonchev–Trinajstić information content (AvgIpc) is 2.50. The van der Waals surface area contributed by atoms with E-state index >= 15 is 0 Å². The van der Waals surface area contributed by atoms with Crippen molar-refractivity contribution in [2.24, 2.45) is 0 Å². The molecule has 0 saturated heterocycles. The molecule has 2 aromatic carbocycles. The number of nitrogens with one attached hydrogen (secondary N) is 2. The lowest BCUT2D eigenvalue weighted by molar-refractivity contribution is 0.252. The van der Waals surface area contributed by atoms with Crippen LogP contribution in [0.4, 0.5) is 10.5 Å². The molecule has 2 amide bonds. The number of hydrogen-bond donors (Lipinski definition) is 2. The lowest BCUT2D eigenvalue weighted by Crippen LogP contribution is -2.28. The summed E-state index contributed by atoms with van der Waals surface area (Å²) < 4.78 is 25.3. The van der Waals surface area contributed by atoms with Crippen LogP contribution in [0.1, 0.15) is 18.1 Å². The monoisotopic (exact) mass is 332 g/mol. The Balaban J connectivity index is 2.28. The van der Waals surface area contributed by atoms with Gasteiger partial charge in [-0.25, -0.2) is 13.2 Å². The Morgan fingerprint density at radius 1 is 1.09 bits per heavy atom. The standard InChI is InChI=1S/C17H20N2O3S/c1-3-18-17(20)19-15-10-9-13(2)16(11-15)23(21,22)12-14-7-5-4-6-8-14/h4-11H,3,12H2,1-2H3,(H2,18,19,20). The van der Waals surface area contributed by atoms with Gasteiger partial charge in [0.15, 0.2) is 9.84 Å². The van der Waals surface area contributed by atoms with Gasteiger partial charge in [-0.05, 0) is 37.1 Å². The molecule has 6 heteroatoms. The van der Waals surface area contributed by atoms with Crippen molar-refractivity contribution >= 4 is 21.6 Å². The zero-order chi connectivity index (χ0) is 16.9. The molecular formula is C17H20N2O3S. The Kier molecular flexibility index (Phi) is 5.39. The minimum atomic E-state index is -3.49. The average molecular weight is 332 g/mol. The maximum atomic E-state index is 12.7. The minimum absolute atomic E-state index is 0.0701. The zero-order valence-electron chi connectivity index (χ0n) is 13.2. The van der Waals surface area contributed by atoms with Gasteiger partial charge in [0.25, 0.3) is 0 Å². The third-order valence-electron chi connectivity index (χ3n) is 3.32. The number of aryl methyl sites for hydroxylation is 1. The maximum Gasteiger partial charge on any atom is 0.319 e. The highest BCUT2D eigenvalue weighted by Crippen LogP contribution is 2.23. The molecule has 0 radical (unpaired) electrons. The normalized spacial score (nSPS) is 11.0. The maximum absolute atomic E-state index is 12.7. The van der Waals surface area contributed by atoms with Crippen molar-refractivity contribution in [2.45, 2.75) is 24.5 Å². The Hall–Kier alpha value is -2.34. The van der Waals surface area contributed by atoms with Crippen LogP contribution in [0.25, 0.3) is 0 Å². The summed E-state index contributed by atoms with van der Waals surface area (Å²) in [5.41, 5.74) is 1.84. The second kappa shape index (κ2) is 7.28. The smallest absolute Gasteiger partial charge is 0.319 e. The van der Waals surface area contributed by atoms with Crippen LogP contribution in [0.2, 0.25) is 0 Å². The summed E-state index contributed by atoms with van der Waals surface area (Å²) in [4.78, 5) is 11.8. The number of rotatable bonds is 5. The number of urea groups is 1. The molecular weight excluding hydrogens is 312 g/mol. The Labute approximate surface area is 136 Å². The van der Waals surface area contributed by atoms with Gasteiger partial charge >= 0.3 is 6.03 Å². The van der Waals surface area contributed by atoms with E-state index in [2.05, 4.69) is 10.6 Å². The van der Waals surface area contributed by atoms with Crippen molar-refractivity contribution in [3.05, 3.63) is 59.7 Å². The molecule has 0 aliphatic carbocycles. The molecule has 0 unspecified atom stereocenters. The first-order valence-corrected chi connectivity index (χ1v) is 9.00. The van der Waals surface area contributed by atoms with E-state index < -0.39 is 9.84 Å². The second-order valence-electron chi connectivity index (χ2n) is 5.21. The first kappa shape index (κ1) is 17.0. The van der Waals surface area contributed by atoms with Crippen LogP contribution in [-0.4, -0.2) is 21.0 Å². The second-order valence-corrected chi connectivity index (χ2v) is 7.17. The van der Waals surface area contributed by atoms with Crippen molar-refractivity contribution in [3.63, 3.8) is 0 Å². The van der Waals surface area contributed by atoms with E-state index in [1.54, 1.807) is 31.2 Å². The first-order valence-electron chi connectivity index (χ1n) is 7.34. The van der Waals surface area contributed by atoms with Gasteiger partial charge in [-0.3, -0.25) is 0 Å². The van der Waals surface area contributed by atoms with Crippen LogP contribution in [-0.2, 0) is 15.6 Å². The fourth-order valence-electron chi connectivity index (χ4n) is 2.22. The largest absolute Gasteiger partial charge is 0.338 e. The van der Waals surface area contributed by atoms with E-state index in [0.29, 0.717) is 17.8 Å². The zero-order valence-corrected chi connectivity index (χ0v) is 14.0. The van der Waals surface area contributed by atoms with Gasteiger partial charge < -0.3 is 10.6 Å². The predicted octanol–water partition coefficient (Wildman–Crippen LogP) is 3.11. The molecule has 23 heavy (non-hydrogen) atoms. The number of benzene rings is 2. The first-order chi connectivity index (χ1) is 10.9. The molecule has 0 aromatic heterocycles. The molecule has 0 atom stereocenters. The number of carbonyl (C=O) groups excluding carboxylic acids is 1. The molecule has 0 fully saturated rings. The quantitative estimate of drug-likeness (QED) is 0.883. The van der Waals surface area contributed by atoms with Crippen LogP contribution >= 0.6 is 0 Å². The van der Waals surface area contributed by atoms with Gasteiger partial charge in [0.1, 0.15) is 0 Å². The van der Waals surface area contributed by atoms with Crippen LogP contribution in [0.3, 0.4) is 0 Å². The van der Waals surface area contributed by atoms with Crippen LogP contribution < -0.4 is 10.6 Å². The summed E-state index contributed by atoms with van der Waals surface area (Å²) in [7, 11) is -3.49. The highest BCUT2D eigenvalue weighted by Gasteiger charge is 2.18. The van der Waals surface area contributed by atoms with Crippen molar-refractivity contribution in [2.75, 3.05) is 11.9 Å². The van der Waals surface area contributed by atoms with Gasteiger partial charge in [0, 0.05) is 12.2 Å². The number of hydrogen-bond acceptors (Lipinski definition) is 3. The fraction of sp³-hybridized carbons (Fsp3) is 0.235. The molecule has 0 bridgehead atoms. The molecule has 2 rings (SSSR count). The van der Waals surface area contributed by atoms with Crippen LogP contribution in [0, 0.1) is 6.92 Å². The van der Waals surface area contributed by atoms with Crippen molar-refractivity contribution in [3.8, 4) is 0 Å². The lowest BCUT2D eigenvalue weighted by Gasteiger charge is -2.11. The van der Waals surface area contributed by atoms with Crippen LogP contribution in [0.15, 0.2) is 53.4 Å². The number of carbonyl (C=O) groups is 1. The number of amides is 2. The third-order valence-corrected chi connectivity index (χ3v) is 5.14. The number of sulfone groups is 1. The molecule has 5 nitrogen and oxygen atoms in total. The number of anilines is 1. The summed E-state index contributed by atoms with van der Waals surface area (Å²) in [5.74, 6) is -0.0701. The van der Waals surface area contributed by atoms with E-state index in [1.807, 2.05) is 25.1 Å².